The third-order valence-corrected chi connectivity index (χ3v) is 3.03. The summed E-state index contributed by atoms with van der Waals surface area (Å²) in [5.74, 6) is 5.07. The minimum Gasteiger partial charge on any atom is -0.323 e. The molecule has 1 heterocycles. The number of hydrazine groups is 1. The van der Waals surface area contributed by atoms with E-state index in [-0.39, 0.29) is 5.91 Å². The van der Waals surface area contributed by atoms with Crippen LogP contribution in [0.2, 0.25) is 0 Å². The van der Waals surface area contributed by atoms with Crippen molar-refractivity contribution in [1.82, 2.24) is 4.98 Å². The number of para-hydroxylation sites is 1. The highest BCUT2D eigenvalue weighted by atomic mass is 79.9. The quantitative estimate of drug-likeness (QED) is 0.601. The van der Waals surface area contributed by atoms with E-state index in [0.29, 0.717) is 16.9 Å². The first-order valence-corrected chi connectivity index (χ1v) is 5.98. The van der Waals surface area contributed by atoms with Gasteiger partial charge in [0.1, 0.15) is 0 Å². The van der Waals surface area contributed by atoms with Crippen molar-refractivity contribution >= 4 is 33.2 Å². The van der Waals surface area contributed by atoms with Crippen LogP contribution in [-0.2, 0) is 0 Å². The molecule has 0 bridgehead atoms. The van der Waals surface area contributed by atoms with Gasteiger partial charge in [-0.05, 0) is 34.1 Å². The zero-order valence-electron chi connectivity index (χ0n) is 9.35. The molecule has 1 amide bonds. The maximum absolute atomic E-state index is 12.1. The van der Waals surface area contributed by atoms with E-state index >= 15 is 0 Å². The summed E-state index contributed by atoms with van der Waals surface area (Å²) in [5, 5.41) is 2.78. The topological polar surface area (TPSA) is 80.0 Å². The fourth-order valence-corrected chi connectivity index (χ4v) is 1.84. The normalized spacial score (nSPS) is 9.89. The fourth-order valence-electron chi connectivity index (χ4n) is 1.45. The van der Waals surface area contributed by atoms with Crippen LogP contribution in [0.25, 0.3) is 0 Å². The van der Waals surface area contributed by atoms with Crippen molar-refractivity contribution in [3.63, 3.8) is 0 Å². The summed E-state index contributed by atoms with van der Waals surface area (Å²) in [6.45, 7) is 0. The molecule has 0 atom stereocenters. The average molecular weight is 307 g/mol. The lowest BCUT2D eigenvalue weighted by molar-refractivity contribution is 0.102. The number of nitrogens with two attached hydrogens (primary N) is 1. The monoisotopic (exact) mass is 306 g/mol. The van der Waals surface area contributed by atoms with Gasteiger partial charge in [-0.15, -0.1) is 0 Å². The molecule has 0 aliphatic heterocycles. The number of aromatic nitrogens is 1. The van der Waals surface area contributed by atoms with Crippen molar-refractivity contribution in [2.45, 2.75) is 0 Å². The predicted octanol–water partition coefficient (Wildman–Crippen LogP) is 2.38. The Morgan fingerprint density at radius 1 is 1.22 bits per heavy atom. The van der Waals surface area contributed by atoms with E-state index in [9.17, 15) is 4.79 Å². The molecule has 0 saturated heterocycles. The highest BCUT2D eigenvalue weighted by molar-refractivity contribution is 9.10. The van der Waals surface area contributed by atoms with Gasteiger partial charge in [-0.25, -0.2) is 0 Å². The molecule has 0 unspecified atom stereocenters. The standard InChI is InChI=1S/C12H11BrN4O/c13-9-3-1-2-4-11(9)16-12(18)8-7-15-6-5-10(8)17-14/h1-7H,14H2,(H,15,17)(H,16,18). The van der Waals surface area contributed by atoms with E-state index in [1.165, 1.54) is 6.20 Å². The first-order valence-electron chi connectivity index (χ1n) is 5.19. The van der Waals surface area contributed by atoms with Crippen molar-refractivity contribution < 1.29 is 4.79 Å². The smallest absolute Gasteiger partial charge is 0.259 e. The summed E-state index contributed by atoms with van der Waals surface area (Å²) < 4.78 is 0.810. The third-order valence-electron chi connectivity index (χ3n) is 2.34. The number of halogens is 1. The second-order valence-corrected chi connectivity index (χ2v) is 4.35. The van der Waals surface area contributed by atoms with E-state index < -0.39 is 0 Å². The number of nitrogens with one attached hydrogen (secondary N) is 2. The van der Waals surface area contributed by atoms with Gasteiger partial charge < -0.3 is 10.7 Å². The van der Waals surface area contributed by atoms with Gasteiger partial charge in [0.2, 0.25) is 0 Å². The molecule has 6 heteroatoms. The summed E-state index contributed by atoms with van der Waals surface area (Å²) in [7, 11) is 0. The van der Waals surface area contributed by atoms with Crippen LogP contribution in [0.3, 0.4) is 0 Å². The number of nitrogen functional groups attached to an aromatic ring is 1. The zero-order valence-corrected chi connectivity index (χ0v) is 10.9. The molecule has 1 aromatic carbocycles. The van der Waals surface area contributed by atoms with Gasteiger partial charge in [0.15, 0.2) is 0 Å². The molecule has 0 aliphatic rings. The number of benzene rings is 1. The molecule has 4 N–H and O–H groups in total. The van der Waals surface area contributed by atoms with Gasteiger partial charge in [-0.1, -0.05) is 12.1 Å². The zero-order chi connectivity index (χ0) is 13.0. The third kappa shape index (κ3) is 2.66. The van der Waals surface area contributed by atoms with Crippen LogP contribution in [0.4, 0.5) is 11.4 Å². The van der Waals surface area contributed by atoms with Crippen molar-refractivity contribution in [3.8, 4) is 0 Å². The van der Waals surface area contributed by atoms with Crippen molar-refractivity contribution in [3.05, 3.63) is 52.8 Å². The van der Waals surface area contributed by atoms with Crippen LogP contribution < -0.4 is 16.6 Å². The maximum Gasteiger partial charge on any atom is 0.259 e. The highest BCUT2D eigenvalue weighted by Crippen LogP contribution is 2.22. The molecule has 0 fully saturated rings. The number of anilines is 2. The molecule has 5 nitrogen and oxygen atoms in total. The Kier molecular flexibility index (Phi) is 3.91. The second kappa shape index (κ2) is 5.61. The molecule has 0 spiro atoms. The summed E-state index contributed by atoms with van der Waals surface area (Å²) in [6.07, 6.45) is 3.02. The molecular weight excluding hydrogens is 296 g/mol. The molecule has 0 radical (unpaired) electrons. The Morgan fingerprint density at radius 3 is 2.72 bits per heavy atom. The highest BCUT2D eigenvalue weighted by Gasteiger charge is 2.12. The van der Waals surface area contributed by atoms with E-state index in [1.54, 1.807) is 18.3 Å². The van der Waals surface area contributed by atoms with Crippen molar-refractivity contribution in [2.24, 2.45) is 5.84 Å². The summed E-state index contributed by atoms with van der Waals surface area (Å²) in [6, 6.07) is 8.99. The van der Waals surface area contributed by atoms with Crippen LogP contribution in [0.15, 0.2) is 47.2 Å². The van der Waals surface area contributed by atoms with Crippen molar-refractivity contribution in [1.29, 1.82) is 0 Å². The molecule has 2 rings (SSSR count). The number of pyridine rings is 1. The lowest BCUT2D eigenvalue weighted by Gasteiger charge is -2.09. The maximum atomic E-state index is 12.1. The van der Waals surface area contributed by atoms with E-state index in [4.69, 9.17) is 5.84 Å². The SMILES string of the molecule is NNc1ccncc1C(=O)Nc1ccccc1Br. The average Bonchev–Trinajstić information content (AvgIpc) is 2.41. The number of amides is 1. The van der Waals surface area contributed by atoms with E-state index in [0.717, 1.165) is 4.47 Å². The lowest BCUT2D eigenvalue weighted by atomic mass is 10.2. The Hall–Kier alpha value is -1.92. The number of hydrogen-bond donors (Lipinski definition) is 3. The van der Waals surface area contributed by atoms with Crippen LogP contribution in [-0.4, -0.2) is 10.9 Å². The van der Waals surface area contributed by atoms with Crippen LogP contribution in [0, 0.1) is 0 Å². The van der Waals surface area contributed by atoms with Crippen molar-refractivity contribution in [2.75, 3.05) is 10.7 Å². The van der Waals surface area contributed by atoms with Gasteiger partial charge in [0, 0.05) is 16.9 Å². The number of hydrogen-bond acceptors (Lipinski definition) is 4. The molecule has 1 aromatic heterocycles. The Labute approximate surface area is 113 Å². The van der Waals surface area contributed by atoms with Gasteiger partial charge in [-0.2, -0.15) is 0 Å². The number of rotatable bonds is 3. The van der Waals surface area contributed by atoms with E-state index in [2.05, 4.69) is 31.7 Å². The minimum atomic E-state index is -0.275. The number of carbonyl (C=O) groups is 1. The van der Waals surface area contributed by atoms with Crippen LogP contribution >= 0.6 is 15.9 Å². The molecule has 0 saturated carbocycles. The molecule has 92 valence electrons. The Bertz CT molecular complexity index is 574. The molecule has 18 heavy (non-hydrogen) atoms. The number of nitrogens with zero attached hydrogens (tertiary/aromatic N) is 1. The summed E-state index contributed by atoms with van der Waals surface area (Å²) >= 11 is 3.36. The second-order valence-electron chi connectivity index (χ2n) is 3.50. The first-order chi connectivity index (χ1) is 8.72. The number of carbonyl (C=O) groups excluding carboxylic acids is 1. The van der Waals surface area contributed by atoms with E-state index in [1.807, 2.05) is 18.2 Å². The van der Waals surface area contributed by atoms with Crippen LogP contribution in [0.1, 0.15) is 10.4 Å². The van der Waals surface area contributed by atoms with Crippen LogP contribution in [0.5, 0.6) is 0 Å². The summed E-state index contributed by atoms with van der Waals surface area (Å²) in [5.41, 5.74) is 4.06. The summed E-state index contributed by atoms with van der Waals surface area (Å²) in [4.78, 5) is 16.0. The molecule has 0 aliphatic carbocycles. The Balaban J connectivity index is 2.25. The first kappa shape index (κ1) is 12.5. The van der Waals surface area contributed by atoms with Gasteiger partial charge in [0.05, 0.1) is 16.9 Å². The van der Waals surface area contributed by atoms with Gasteiger partial charge in [0.25, 0.3) is 5.91 Å². The van der Waals surface area contributed by atoms with Gasteiger partial charge >= 0.3 is 0 Å². The van der Waals surface area contributed by atoms with Gasteiger partial charge in [-0.3, -0.25) is 15.6 Å². The largest absolute Gasteiger partial charge is 0.323 e. The minimum absolute atomic E-state index is 0.275. The lowest BCUT2D eigenvalue weighted by Crippen LogP contribution is -2.17. The Morgan fingerprint density at radius 2 is 2.00 bits per heavy atom. The predicted molar refractivity (Wildman–Crippen MR) is 74.1 cm³/mol. The molecule has 2 aromatic rings. The molecular formula is C12H11BrN4O. The fraction of sp³-hybridized carbons (Fsp3) is 0.